The first-order chi connectivity index (χ1) is 20.2. The summed E-state index contributed by atoms with van der Waals surface area (Å²) in [5.74, 6) is 0.481. The minimum Gasteiger partial charge on any atom is -0.311 e. The number of allylic oxidation sites excluding steroid dienone is 4. The smallest absolute Gasteiger partial charge is 0.0462 e. The summed E-state index contributed by atoms with van der Waals surface area (Å²) in [5, 5.41) is 0. The van der Waals surface area contributed by atoms with Crippen molar-refractivity contribution in [2.75, 3.05) is 4.90 Å². The molecule has 0 radical (unpaired) electrons. The normalized spacial score (nSPS) is 16.8. The summed E-state index contributed by atoms with van der Waals surface area (Å²) in [6, 6.07) is 50.3. The molecule has 0 spiro atoms. The molecule has 0 aromatic heterocycles. The van der Waals surface area contributed by atoms with E-state index in [0.29, 0.717) is 5.92 Å². The van der Waals surface area contributed by atoms with Gasteiger partial charge in [-0.1, -0.05) is 134 Å². The number of hydrogen-bond acceptors (Lipinski definition) is 1. The van der Waals surface area contributed by atoms with Gasteiger partial charge >= 0.3 is 0 Å². The number of benzene rings is 5. The number of nitrogens with zero attached hydrogens (tertiary/aromatic N) is 1. The summed E-state index contributed by atoms with van der Waals surface area (Å²) in [5.41, 5.74) is 8.90. The predicted molar refractivity (Wildman–Crippen MR) is 175 cm³/mol. The van der Waals surface area contributed by atoms with Gasteiger partial charge in [-0.2, -0.15) is 0 Å². The fraction of sp³-hybridized carbons (Fsp3) is 0.150. The summed E-state index contributed by atoms with van der Waals surface area (Å²) in [6.07, 6.45) is 12.4. The summed E-state index contributed by atoms with van der Waals surface area (Å²) in [7, 11) is 0. The molecule has 5 aromatic rings. The Hall–Kier alpha value is -4.62. The van der Waals surface area contributed by atoms with Crippen molar-refractivity contribution in [1.29, 1.82) is 0 Å². The molecule has 1 aliphatic rings. The van der Waals surface area contributed by atoms with Gasteiger partial charge in [0.2, 0.25) is 0 Å². The number of hydrogen-bond donors (Lipinski definition) is 0. The van der Waals surface area contributed by atoms with Crippen LogP contribution in [-0.2, 0) is 6.42 Å². The van der Waals surface area contributed by atoms with Crippen molar-refractivity contribution in [3.8, 4) is 11.1 Å². The molecule has 0 amide bonds. The Balaban J connectivity index is 1.19. The van der Waals surface area contributed by atoms with Gasteiger partial charge in [0, 0.05) is 17.1 Å². The third-order valence-corrected chi connectivity index (χ3v) is 8.44. The molecule has 202 valence electrons. The van der Waals surface area contributed by atoms with E-state index in [1.54, 1.807) is 0 Å². The molecule has 5 aromatic carbocycles. The molecule has 0 saturated carbocycles. The van der Waals surface area contributed by atoms with Crippen molar-refractivity contribution in [3.05, 3.63) is 175 Å². The van der Waals surface area contributed by atoms with Gasteiger partial charge in [0.1, 0.15) is 0 Å². The minimum atomic E-state index is 0.144. The van der Waals surface area contributed by atoms with E-state index in [1.807, 2.05) is 0 Å². The standard InChI is InChI=1S/C40H37N/c1-40(30-12-5-13-31-40)39(35-14-6-2-7-15-35)29-22-32-20-23-33(24-21-32)34-25-27-38(28-26-34)41(36-16-8-3-9-17-36)37-18-10-4-11-19-37/h2-21,23-28,30,39H,22,29,31H2,1H3. The Morgan fingerprint density at radius 3 is 1.63 bits per heavy atom. The van der Waals surface area contributed by atoms with Crippen molar-refractivity contribution in [1.82, 2.24) is 0 Å². The van der Waals surface area contributed by atoms with Crippen molar-refractivity contribution < 1.29 is 0 Å². The zero-order valence-corrected chi connectivity index (χ0v) is 23.7. The van der Waals surface area contributed by atoms with E-state index in [0.717, 1.165) is 36.3 Å². The number of rotatable bonds is 9. The van der Waals surface area contributed by atoms with Crippen LogP contribution >= 0.6 is 0 Å². The lowest BCUT2D eigenvalue weighted by molar-refractivity contribution is 0.319. The average Bonchev–Trinajstić information content (AvgIpc) is 3.04. The number of aryl methyl sites for hydroxylation is 1. The van der Waals surface area contributed by atoms with Crippen LogP contribution in [0.15, 0.2) is 164 Å². The Kier molecular flexibility index (Phi) is 7.96. The first kappa shape index (κ1) is 26.6. The fourth-order valence-electron chi connectivity index (χ4n) is 6.14. The van der Waals surface area contributed by atoms with E-state index in [2.05, 4.69) is 176 Å². The van der Waals surface area contributed by atoms with E-state index in [-0.39, 0.29) is 5.41 Å². The van der Waals surface area contributed by atoms with Crippen molar-refractivity contribution in [2.24, 2.45) is 5.41 Å². The van der Waals surface area contributed by atoms with Gasteiger partial charge in [0.05, 0.1) is 0 Å². The second kappa shape index (κ2) is 12.3. The molecule has 0 aliphatic heterocycles. The van der Waals surface area contributed by atoms with Crippen LogP contribution in [0.1, 0.15) is 36.8 Å². The Labute approximate surface area is 245 Å². The molecular formula is C40H37N. The van der Waals surface area contributed by atoms with E-state index >= 15 is 0 Å². The molecule has 0 fully saturated rings. The van der Waals surface area contributed by atoms with Crippen LogP contribution in [0.2, 0.25) is 0 Å². The Morgan fingerprint density at radius 2 is 1.10 bits per heavy atom. The topological polar surface area (TPSA) is 3.24 Å². The molecule has 6 rings (SSSR count). The minimum absolute atomic E-state index is 0.144. The van der Waals surface area contributed by atoms with Crippen LogP contribution in [-0.4, -0.2) is 0 Å². The van der Waals surface area contributed by atoms with Gasteiger partial charge in [-0.15, -0.1) is 0 Å². The van der Waals surface area contributed by atoms with E-state index in [9.17, 15) is 0 Å². The highest BCUT2D eigenvalue weighted by Gasteiger charge is 2.32. The number of anilines is 3. The van der Waals surface area contributed by atoms with Crippen molar-refractivity contribution in [2.45, 2.75) is 32.1 Å². The SMILES string of the molecule is CC1(C(CCc2ccc(-c3ccc(N(c4ccccc4)c4ccccc4)cc3)cc2)c2ccccc2)C=CC=CC1. The van der Waals surface area contributed by atoms with Crippen LogP contribution in [0.4, 0.5) is 17.1 Å². The van der Waals surface area contributed by atoms with Gasteiger partial charge in [-0.3, -0.25) is 0 Å². The summed E-state index contributed by atoms with van der Waals surface area (Å²) < 4.78 is 0. The van der Waals surface area contributed by atoms with Crippen LogP contribution in [0, 0.1) is 5.41 Å². The zero-order chi connectivity index (χ0) is 27.9. The van der Waals surface area contributed by atoms with Crippen LogP contribution in [0.5, 0.6) is 0 Å². The van der Waals surface area contributed by atoms with Gasteiger partial charge in [0.15, 0.2) is 0 Å². The molecular weight excluding hydrogens is 494 g/mol. The second-order valence-electron chi connectivity index (χ2n) is 11.2. The molecule has 0 saturated heterocycles. The van der Waals surface area contributed by atoms with E-state index in [1.165, 1.54) is 22.3 Å². The van der Waals surface area contributed by atoms with Gasteiger partial charge in [-0.25, -0.2) is 0 Å². The maximum Gasteiger partial charge on any atom is 0.0462 e. The molecule has 2 unspecified atom stereocenters. The largest absolute Gasteiger partial charge is 0.311 e. The molecule has 41 heavy (non-hydrogen) atoms. The lowest BCUT2D eigenvalue weighted by atomic mass is 9.68. The highest BCUT2D eigenvalue weighted by Crippen LogP contribution is 2.44. The molecule has 1 nitrogen and oxygen atoms in total. The fourth-order valence-corrected chi connectivity index (χ4v) is 6.14. The third kappa shape index (κ3) is 6.10. The summed E-state index contributed by atoms with van der Waals surface area (Å²) >= 11 is 0. The third-order valence-electron chi connectivity index (χ3n) is 8.44. The summed E-state index contributed by atoms with van der Waals surface area (Å²) in [6.45, 7) is 2.41. The first-order valence-electron chi connectivity index (χ1n) is 14.7. The molecule has 0 heterocycles. The van der Waals surface area contributed by atoms with Crippen molar-refractivity contribution >= 4 is 17.1 Å². The van der Waals surface area contributed by atoms with E-state index < -0.39 is 0 Å². The van der Waals surface area contributed by atoms with E-state index in [4.69, 9.17) is 0 Å². The molecule has 0 bridgehead atoms. The van der Waals surface area contributed by atoms with Gasteiger partial charge in [0.25, 0.3) is 0 Å². The Bertz CT molecular complexity index is 1540. The van der Waals surface area contributed by atoms with Crippen LogP contribution < -0.4 is 4.90 Å². The van der Waals surface area contributed by atoms with Gasteiger partial charge in [-0.05, 0) is 89.2 Å². The highest BCUT2D eigenvalue weighted by atomic mass is 15.1. The zero-order valence-electron chi connectivity index (χ0n) is 23.7. The first-order valence-corrected chi connectivity index (χ1v) is 14.7. The monoisotopic (exact) mass is 531 g/mol. The maximum atomic E-state index is 2.41. The van der Waals surface area contributed by atoms with Crippen LogP contribution in [0.3, 0.4) is 0 Å². The average molecular weight is 532 g/mol. The lowest BCUT2D eigenvalue weighted by Gasteiger charge is -2.36. The molecule has 2 atom stereocenters. The maximum absolute atomic E-state index is 2.41. The predicted octanol–water partition coefficient (Wildman–Crippen LogP) is 11.1. The lowest BCUT2D eigenvalue weighted by Crippen LogP contribution is -2.24. The molecule has 0 N–H and O–H groups in total. The summed E-state index contributed by atoms with van der Waals surface area (Å²) in [4.78, 5) is 2.30. The van der Waals surface area contributed by atoms with Crippen LogP contribution in [0.25, 0.3) is 11.1 Å². The quantitative estimate of drug-likeness (QED) is 0.183. The molecule has 1 heteroatoms. The van der Waals surface area contributed by atoms with Gasteiger partial charge < -0.3 is 4.90 Å². The highest BCUT2D eigenvalue weighted by molar-refractivity contribution is 5.78. The molecule has 1 aliphatic carbocycles. The van der Waals surface area contributed by atoms with Crippen molar-refractivity contribution in [3.63, 3.8) is 0 Å². The Morgan fingerprint density at radius 1 is 0.585 bits per heavy atom. The number of para-hydroxylation sites is 2. The second-order valence-corrected chi connectivity index (χ2v) is 11.2.